The second kappa shape index (κ2) is 7.40. The summed E-state index contributed by atoms with van der Waals surface area (Å²) < 4.78 is 4.77. The predicted octanol–water partition coefficient (Wildman–Crippen LogP) is 1.38. The molecule has 0 spiro atoms. The highest BCUT2D eigenvalue weighted by atomic mass is 16.5. The van der Waals surface area contributed by atoms with Crippen molar-refractivity contribution in [3.8, 4) is 0 Å². The van der Waals surface area contributed by atoms with Crippen molar-refractivity contribution in [3.05, 3.63) is 48.0 Å². The number of rotatable bonds is 6. The molecular weight excluding hydrogens is 296 g/mol. The van der Waals surface area contributed by atoms with Gasteiger partial charge in [0.25, 0.3) is 5.91 Å². The lowest BCUT2D eigenvalue weighted by Gasteiger charge is -2.15. The highest BCUT2D eigenvalue weighted by Crippen LogP contribution is 2.15. The van der Waals surface area contributed by atoms with Crippen LogP contribution >= 0.6 is 0 Å². The van der Waals surface area contributed by atoms with Gasteiger partial charge in [-0.15, -0.1) is 0 Å². The summed E-state index contributed by atoms with van der Waals surface area (Å²) in [6, 6.07) is 11.7. The van der Waals surface area contributed by atoms with Crippen molar-refractivity contribution in [3.63, 3.8) is 0 Å². The molecule has 2 aromatic carbocycles. The van der Waals surface area contributed by atoms with E-state index in [9.17, 15) is 14.4 Å². The molecule has 2 amide bonds. The lowest BCUT2D eigenvalue weighted by atomic mass is 10.1. The van der Waals surface area contributed by atoms with Crippen LogP contribution in [-0.4, -0.2) is 30.4 Å². The van der Waals surface area contributed by atoms with E-state index in [0.717, 1.165) is 10.8 Å². The smallest absolute Gasteiger partial charge is 0.308 e. The van der Waals surface area contributed by atoms with Gasteiger partial charge in [-0.1, -0.05) is 30.3 Å². The predicted molar refractivity (Wildman–Crippen MR) is 85.6 cm³/mol. The minimum Gasteiger partial charge on any atom is -0.466 e. The number of hydrogen-bond donors (Lipinski definition) is 2. The largest absolute Gasteiger partial charge is 0.466 e. The van der Waals surface area contributed by atoms with Crippen LogP contribution in [-0.2, 0) is 14.3 Å². The third-order valence-electron chi connectivity index (χ3n) is 3.34. The van der Waals surface area contributed by atoms with Crippen molar-refractivity contribution in [2.75, 3.05) is 6.61 Å². The van der Waals surface area contributed by atoms with E-state index in [1.807, 2.05) is 30.3 Å². The lowest BCUT2D eigenvalue weighted by Crippen LogP contribution is -2.45. The van der Waals surface area contributed by atoms with Crippen molar-refractivity contribution in [1.82, 2.24) is 5.32 Å². The molecule has 0 aliphatic rings. The van der Waals surface area contributed by atoms with Crippen molar-refractivity contribution in [1.29, 1.82) is 0 Å². The number of hydrogen-bond acceptors (Lipinski definition) is 4. The summed E-state index contributed by atoms with van der Waals surface area (Å²) >= 11 is 0. The molecule has 0 aromatic heterocycles. The second-order valence-corrected chi connectivity index (χ2v) is 5.00. The molecular formula is C17H18N2O4. The fourth-order valence-electron chi connectivity index (χ4n) is 2.18. The minimum absolute atomic E-state index is 0.197. The average Bonchev–Trinajstić information content (AvgIpc) is 2.53. The van der Waals surface area contributed by atoms with Crippen LogP contribution in [0.25, 0.3) is 10.8 Å². The second-order valence-electron chi connectivity index (χ2n) is 5.00. The zero-order valence-corrected chi connectivity index (χ0v) is 12.7. The Morgan fingerprint density at radius 1 is 1.13 bits per heavy atom. The monoisotopic (exact) mass is 314 g/mol. The van der Waals surface area contributed by atoms with Crippen molar-refractivity contribution in [2.45, 2.75) is 19.4 Å². The third kappa shape index (κ3) is 4.29. The van der Waals surface area contributed by atoms with Gasteiger partial charge >= 0.3 is 5.97 Å². The molecule has 0 saturated heterocycles. The van der Waals surface area contributed by atoms with Crippen molar-refractivity contribution < 1.29 is 19.1 Å². The molecule has 1 atom stereocenters. The first-order chi connectivity index (χ1) is 11.0. The molecule has 3 N–H and O–H groups in total. The van der Waals surface area contributed by atoms with Gasteiger partial charge in [0.15, 0.2) is 0 Å². The first-order valence-corrected chi connectivity index (χ1v) is 7.26. The molecule has 2 rings (SSSR count). The number of esters is 1. The summed E-state index contributed by atoms with van der Waals surface area (Å²) in [5, 5.41) is 4.38. The Balaban J connectivity index is 2.13. The fraction of sp³-hybridized carbons (Fsp3) is 0.235. The maximum Gasteiger partial charge on any atom is 0.308 e. The number of benzene rings is 2. The fourth-order valence-corrected chi connectivity index (χ4v) is 2.18. The van der Waals surface area contributed by atoms with Gasteiger partial charge < -0.3 is 15.8 Å². The van der Waals surface area contributed by atoms with E-state index in [-0.39, 0.29) is 13.0 Å². The zero-order chi connectivity index (χ0) is 16.8. The maximum absolute atomic E-state index is 12.3. The van der Waals surface area contributed by atoms with Crippen molar-refractivity contribution >= 4 is 28.6 Å². The van der Waals surface area contributed by atoms with Crippen LogP contribution < -0.4 is 11.1 Å². The van der Waals surface area contributed by atoms with Crippen molar-refractivity contribution in [2.24, 2.45) is 5.73 Å². The highest BCUT2D eigenvalue weighted by molar-refractivity contribution is 6.01. The lowest BCUT2D eigenvalue weighted by molar-refractivity contribution is -0.145. The average molecular weight is 314 g/mol. The topological polar surface area (TPSA) is 98.5 Å². The van der Waals surface area contributed by atoms with Crippen LogP contribution in [0.2, 0.25) is 0 Å². The molecule has 0 unspecified atom stereocenters. The number of ether oxygens (including phenoxy) is 1. The standard InChI is InChI=1S/C17H18N2O4/c1-2-23-15(20)10-14(16(18)21)19-17(22)13-8-7-11-5-3-4-6-12(11)9-13/h3-9,14H,2,10H2,1H3,(H2,18,21)(H,19,22)/t14-/m0/s1. The molecule has 6 nitrogen and oxygen atoms in total. The van der Waals surface area contributed by atoms with Gasteiger partial charge in [-0.05, 0) is 29.8 Å². The molecule has 0 fully saturated rings. The van der Waals surface area contributed by atoms with E-state index >= 15 is 0 Å². The molecule has 0 bridgehead atoms. The number of primary amides is 1. The molecule has 0 radical (unpaired) electrons. The van der Waals surface area contributed by atoms with Gasteiger partial charge in [-0.25, -0.2) is 0 Å². The summed E-state index contributed by atoms with van der Waals surface area (Å²) in [5.41, 5.74) is 5.62. The normalized spacial score (nSPS) is 11.7. The summed E-state index contributed by atoms with van der Waals surface area (Å²) in [4.78, 5) is 35.2. The van der Waals surface area contributed by atoms with Gasteiger partial charge in [0.2, 0.25) is 5.91 Å². The summed E-state index contributed by atoms with van der Waals surface area (Å²) in [5.74, 6) is -1.84. The highest BCUT2D eigenvalue weighted by Gasteiger charge is 2.23. The van der Waals surface area contributed by atoms with E-state index in [1.165, 1.54) is 0 Å². The molecule has 6 heteroatoms. The molecule has 0 aliphatic carbocycles. The Labute approximate surface area is 133 Å². The number of nitrogens with two attached hydrogens (primary N) is 1. The number of nitrogens with one attached hydrogen (secondary N) is 1. The van der Waals surface area contributed by atoms with Crippen LogP contribution in [0.5, 0.6) is 0 Å². The minimum atomic E-state index is -1.10. The summed E-state index contributed by atoms with van der Waals surface area (Å²) in [6.45, 7) is 1.85. The zero-order valence-electron chi connectivity index (χ0n) is 12.7. The summed E-state index contributed by atoms with van der Waals surface area (Å²) in [7, 11) is 0. The number of carbonyl (C=O) groups is 3. The van der Waals surface area contributed by atoms with Crippen LogP contribution in [0.4, 0.5) is 0 Å². The van der Waals surface area contributed by atoms with E-state index in [4.69, 9.17) is 10.5 Å². The first-order valence-electron chi connectivity index (χ1n) is 7.26. The summed E-state index contributed by atoms with van der Waals surface area (Å²) in [6.07, 6.45) is -0.289. The molecule has 0 heterocycles. The quantitative estimate of drug-likeness (QED) is 0.787. The molecule has 2 aromatic rings. The van der Waals surface area contributed by atoms with Gasteiger partial charge in [0.1, 0.15) is 6.04 Å². The van der Waals surface area contributed by atoms with Crippen LogP contribution in [0.1, 0.15) is 23.7 Å². The Hall–Kier alpha value is -2.89. The Bertz CT molecular complexity index is 742. The van der Waals surface area contributed by atoms with E-state index in [0.29, 0.717) is 5.56 Å². The first kappa shape index (κ1) is 16.5. The third-order valence-corrected chi connectivity index (χ3v) is 3.34. The van der Waals surface area contributed by atoms with Gasteiger partial charge in [-0.3, -0.25) is 14.4 Å². The van der Waals surface area contributed by atoms with Gasteiger partial charge in [0.05, 0.1) is 13.0 Å². The van der Waals surface area contributed by atoms with Gasteiger partial charge in [0, 0.05) is 5.56 Å². The van der Waals surface area contributed by atoms with E-state index < -0.39 is 23.8 Å². The van der Waals surface area contributed by atoms with Crippen LogP contribution in [0, 0.1) is 0 Å². The molecule has 120 valence electrons. The van der Waals surface area contributed by atoms with E-state index in [2.05, 4.69) is 5.32 Å². The Morgan fingerprint density at radius 3 is 2.48 bits per heavy atom. The van der Waals surface area contributed by atoms with Crippen LogP contribution in [0.15, 0.2) is 42.5 Å². The van der Waals surface area contributed by atoms with Gasteiger partial charge in [-0.2, -0.15) is 0 Å². The van der Waals surface area contributed by atoms with Crippen LogP contribution in [0.3, 0.4) is 0 Å². The SMILES string of the molecule is CCOC(=O)C[C@H](NC(=O)c1ccc2ccccc2c1)C(N)=O. The Kier molecular flexibility index (Phi) is 5.30. The number of fused-ring (bicyclic) bond motifs is 1. The molecule has 23 heavy (non-hydrogen) atoms. The molecule has 0 saturated carbocycles. The Morgan fingerprint density at radius 2 is 1.83 bits per heavy atom. The number of carbonyl (C=O) groups excluding carboxylic acids is 3. The number of amides is 2. The van der Waals surface area contributed by atoms with E-state index in [1.54, 1.807) is 19.1 Å². The maximum atomic E-state index is 12.3. The molecule has 0 aliphatic heterocycles.